The van der Waals surface area contributed by atoms with Gasteiger partial charge >= 0.3 is 12.0 Å². The highest BCUT2D eigenvalue weighted by Gasteiger charge is 2.34. The van der Waals surface area contributed by atoms with Crippen LogP contribution < -0.4 is 16.0 Å². The van der Waals surface area contributed by atoms with Crippen LogP contribution in [0.5, 0.6) is 0 Å². The third-order valence-corrected chi connectivity index (χ3v) is 8.25. The molecule has 42 heavy (non-hydrogen) atoms. The molecule has 4 rings (SSSR count). The van der Waals surface area contributed by atoms with Gasteiger partial charge in [0, 0.05) is 31.0 Å². The number of hydrogen-bond donors (Lipinski definition) is 3. The molecule has 3 N–H and O–H groups in total. The van der Waals surface area contributed by atoms with Crippen molar-refractivity contribution in [3.63, 3.8) is 0 Å². The molecule has 6 heteroatoms. The maximum atomic E-state index is 13.0. The van der Waals surface area contributed by atoms with Crippen LogP contribution >= 0.6 is 0 Å². The SMILES string of the molecule is COC(=O)C(Cc1ccccc1)NC(=O)NC1CNC(C(c2ccc(C(C)(C)C)cc2)c2ccc(C(C)(C)C)cc2)C1. The molecule has 1 aliphatic rings. The van der Waals surface area contributed by atoms with Crippen LogP contribution in [-0.2, 0) is 26.8 Å². The highest BCUT2D eigenvalue weighted by atomic mass is 16.5. The van der Waals surface area contributed by atoms with Crippen molar-refractivity contribution in [1.29, 1.82) is 0 Å². The molecule has 0 spiro atoms. The van der Waals surface area contributed by atoms with Crippen LogP contribution in [0.1, 0.15) is 81.7 Å². The van der Waals surface area contributed by atoms with Gasteiger partial charge in [0.1, 0.15) is 6.04 Å². The van der Waals surface area contributed by atoms with Crippen LogP contribution in [0.2, 0.25) is 0 Å². The summed E-state index contributed by atoms with van der Waals surface area (Å²) in [6, 6.07) is 26.5. The lowest BCUT2D eigenvalue weighted by Crippen LogP contribution is -2.50. The van der Waals surface area contributed by atoms with Crippen molar-refractivity contribution in [3.05, 3.63) is 107 Å². The maximum absolute atomic E-state index is 13.0. The monoisotopic (exact) mass is 569 g/mol. The van der Waals surface area contributed by atoms with E-state index in [1.54, 1.807) is 0 Å². The second kappa shape index (κ2) is 13.1. The molecule has 0 saturated carbocycles. The summed E-state index contributed by atoms with van der Waals surface area (Å²) in [6.07, 6.45) is 1.13. The van der Waals surface area contributed by atoms with Gasteiger partial charge in [0.15, 0.2) is 0 Å². The fraction of sp³-hybridized carbons (Fsp3) is 0.444. The van der Waals surface area contributed by atoms with Gasteiger partial charge in [0.05, 0.1) is 7.11 Å². The number of amides is 2. The van der Waals surface area contributed by atoms with E-state index in [0.29, 0.717) is 13.0 Å². The molecule has 0 radical (unpaired) electrons. The van der Waals surface area contributed by atoms with Crippen molar-refractivity contribution >= 4 is 12.0 Å². The number of carbonyl (C=O) groups excluding carboxylic acids is 2. The van der Waals surface area contributed by atoms with Crippen molar-refractivity contribution in [2.24, 2.45) is 0 Å². The number of methoxy groups -OCH3 is 1. The van der Waals surface area contributed by atoms with Crippen molar-refractivity contribution in [2.45, 2.75) is 89.3 Å². The molecule has 0 bridgehead atoms. The summed E-state index contributed by atoms with van der Waals surface area (Å²) in [6.45, 7) is 14.0. The van der Waals surface area contributed by atoms with Crippen molar-refractivity contribution < 1.29 is 14.3 Å². The summed E-state index contributed by atoms with van der Waals surface area (Å²) in [5.74, 6) is -0.335. The fourth-order valence-electron chi connectivity index (χ4n) is 5.74. The van der Waals surface area contributed by atoms with Gasteiger partial charge in [-0.1, -0.05) is 120 Å². The topological polar surface area (TPSA) is 79.5 Å². The van der Waals surface area contributed by atoms with Crippen LogP contribution in [0.3, 0.4) is 0 Å². The fourth-order valence-corrected chi connectivity index (χ4v) is 5.74. The van der Waals surface area contributed by atoms with E-state index in [-0.39, 0.29) is 34.9 Å². The van der Waals surface area contributed by atoms with E-state index < -0.39 is 12.0 Å². The Labute approximate surface area is 251 Å². The minimum atomic E-state index is -0.766. The molecule has 6 nitrogen and oxygen atoms in total. The number of ether oxygens (including phenoxy) is 1. The highest BCUT2D eigenvalue weighted by molar-refractivity contribution is 5.84. The molecule has 1 saturated heterocycles. The predicted molar refractivity (Wildman–Crippen MR) is 170 cm³/mol. The van der Waals surface area contributed by atoms with Crippen LogP contribution in [0, 0.1) is 0 Å². The summed E-state index contributed by atoms with van der Waals surface area (Å²) in [5, 5.41) is 9.63. The van der Waals surface area contributed by atoms with E-state index in [2.05, 4.69) is 106 Å². The molecule has 1 aliphatic heterocycles. The number of urea groups is 1. The summed E-state index contributed by atoms with van der Waals surface area (Å²) in [4.78, 5) is 25.5. The van der Waals surface area contributed by atoms with Gasteiger partial charge in [-0.2, -0.15) is 0 Å². The third-order valence-electron chi connectivity index (χ3n) is 8.25. The standard InChI is InChI=1S/C36H47N3O3/c1-35(2,3)27-17-13-25(14-18-27)32(26-15-19-28(20-16-26)36(4,5)6)30-22-29(23-37-30)38-34(41)39-31(33(40)42-7)21-24-11-9-8-10-12-24/h8-20,29-32,37H,21-23H2,1-7H3,(H2,38,39,41). The molecule has 0 aliphatic carbocycles. The highest BCUT2D eigenvalue weighted by Crippen LogP contribution is 2.35. The van der Waals surface area contributed by atoms with Gasteiger partial charge in [-0.15, -0.1) is 0 Å². The summed E-state index contributed by atoms with van der Waals surface area (Å²) < 4.78 is 4.97. The Morgan fingerprint density at radius 1 is 0.833 bits per heavy atom. The molecule has 2 amide bonds. The van der Waals surface area contributed by atoms with E-state index in [0.717, 1.165) is 12.0 Å². The molecule has 0 aromatic heterocycles. The average Bonchev–Trinajstić information content (AvgIpc) is 3.40. The number of hydrogen-bond acceptors (Lipinski definition) is 4. The lowest BCUT2D eigenvalue weighted by atomic mass is 9.80. The smallest absolute Gasteiger partial charge is 0.328 e. The second-order valence-electron chi connectivity index (χ2n) is 13.6. The van der Waals surface area contributed by atoms with E-state index in [1.165, 1.54) is 29.4 Å². The van der Waals surface area contributed by atoms with Crippen LogP contribution in [0.15, 0.2) is 78.9 Å². The van der Waals surface area contributed by atoms with Gasteiger partial charge in [-0.05, 0) is 45.1 Å². The Morgan fingerprint density at radius 3 is 1.83 bits per heavy atom. The first-order valence-corrected chi connectivity index (χ1v) is 15.0. The largest absolute Gasteiger partial charge is 0.467 e. The summed E-state index contributed by atoms with van der Waals surface area (Å²) in [7, 11) is 1.34. The van der Waals surface area contributed by atoms with E-state index in [9.17, 15) is 9.59 Å². The van der Waals surface area contributed by atoms with Gasteiger partial charge in [0.2, 0.25) is 0 Å². The zero-order chi connectivity index (χ0) is 30.5. The van der Waals surface area contributed by atoms with Gasteiger partial charge in [-0.25, -0.2) is 9.59 Å². The number of esters is 1. The lowest BCUT2D eigenvalue weighted by molar-refractivity contribution is -0.142. The number of rotatable bonds is 8. The lowest BCUT2D eigenvalue weighted by Gasteiger charge is -2.28. The second-order valence-corrected chi connectivity index (χ2v) is 13.6. The molecule has 224 valence electrons. The Hall–Kier alpha value is -3.64. The van der Waals surface area contributed by atoms with Crippen molar-refractivity contribution in [2.75, 3.05) is 13.7 Å². The van der Waals surface area contributed by atoms with E-state index in [4.69, 9.17) is 4.74 Å². The molecule has 3 aromatic carbocycles. The van der Waals surface area contributed by atoms with Gasteiger partial charge < -0.3 is 20.7 Å². The van der Waals surface area contributed by atoms with Gasteiger partial charge in [0.25, 0.3) is 0 Å². The molecular weight excluding hydrogens is 522 g/mol. The van der Waals surface area contributed by atoms with Crippen molar-refractivity contribution in [1.82, 2.24) is 16.0 Å². The normalized spacial score (nSPS) is 18.0. The van der Waals surface area contributed by atoms with E-state index >= 15 is 0 Å². The third kappa shape index (κ3) is 8.01. The van der Waals surface area contributed by atoms with Crippen LogP contribution in [0.25, 0.3) is 0 Å². The first-order chi connectivity index (χ1) is 19.8. The molecular formula is C36H47N3O3. The quantitative estimate of drug-likeness (QED) is 0.281. The Kier molecular flexibility index (Phi) is 9.78. The zero-order valence-corrected chi connectivity index (χ0v) is 26.2. The Morgan fingerprint density at radius 2 is 1.36 bits per heavy atom. The first kappa shape index (κ1) is 31.3. The molecule has 1 fully saturated rings. The molecule has 3 atom stereocenters. The zero-order valence-electron chi connectivity index (χ0n) is 26.2. The molecule has 3 unspecified atom stereocenters. The Bertz CT molecular complexity index is 1270. The minimum Gasteiger partial charge on any atom is -0.467 e. The van der Waals surface area contributed by atoms with Crippen LogP contribution in [0.4, 0.5) is 4.79 Å². The first-order valence-electron chi connectivity index (χ1n) is 15.0. The number of carbonyl (C=O) groups is 2. The predicted octanol–water partition coefficient (Wildman–Crippen LogP) is 6.23. The minimum absolute atomic E-state index is 0.0739. The number of benzene rings is 3. The summed E-state index contributed by atoms with van der Waals surface area (Å²) >= 11 is 0. The summed E-state index contributed by atoms with van der Waals surface area (Å²) in [5.41, 5.74) is 6.23. The van der Waals surface area contributed by atoms with Gasteiger partial charge in [-0.3, -0.25) is 0 Å². The van der Waals surface area contributed by atoms with Crippen LogP contribution in [-0.4, -0.2) is 43.8 Å². The average molecular weight is 570 g/mol. The maximum Gasteiger partial charge on any atom is 0.328 e. The molecule has 3 aromatic rings. The van der Waals surface area contributed by atoms with E-state index in [1.807, 2.05) is 30.3 Å². The Balaban J connectivity index is 1.50. The number of nitrogens with one attached hydrogen (secondary N) is 3. The molecule has 1 heterocycles. The van der Waals surface area contributed by atoms with Crippen molar-refractivity contribution in [3.8, 4) is 0 Å².